The molecule has 202 valence electrons. The average Bonchev–Trinajstić information content (AvgIpc) is 3.33. The standard InChI is InChI=1S/C29H32N6O3S/c1-34(2)39(36,37)24-13-11-23(12-14-24)32-27-26-25(35(33-27)29(18-19-30)16-7-4-8-17-29)15-20-31-28(26)38-21-22-9-5-3-6-10-22/h3,5-6,9-15,20H,4,7-8,16-18,21H2,1-2H3,(H,32,33). The number of sulfonamides is 1. The zero-order valence-corrected chi connectivity index (χ0v) is 23.0. The van der Waals surface area contributed by atoms with Gasteiger partial charge in [0.2, 0.25) is 15.9 Å². The van der Waals surface area contributed by atoms with Crippen molar-refractivity contribution in [2.45, 2.75) is 55.6 Å². The molecule has 0 spiro atoms. The van der Waals surface area contributed by atoms with Crippen LogP contribution in [0.3, 0.4) is 0 Å². The van der Waals surface area contributed by atoms with Crippen molar-refractivity contribution in [3.8, 4) is 11.9 Å². The maximum atomic E-state index is 12.5. The van der Waals surface area contributed by atoms with Crippen LogP contribution in [0, 0.1) is 11.3 Å². The first kappa shape index (κ1) is 26.7. The van der Waals surface area contributed by atoms with Crippen LogP contribution >= 0.6 is 0 Å². The first-order chi connectivity index (χ1) is 18.8. The van der Waals surface area contributed by atoms with Gasteiger partial charge in [0.15, 0.2) is 5.82 Å². The molecule has 1 aliphatic rings. The molecule has 2 aromatic heterocycles. The molecule has 1 aliphatic carbocycles. The van der Waals surface area contributed by atoms with Gasteiger partial charge in [-0.2, -0.15) is 10.4 Å². The third-order valence-corrected chi connectivity index (χ3v) is 9.14. The minimum atomic E-state index is -3.54. The first-order valence-electron chi connectivity index (χ1n) is 13.1. The fraction of sp³-hybridized carbons (Fsp3) is 0.345. The number of anilines is 2. The highest BCUT2D eigenvalue weighted by molar-refractivity contribution is 7.89. The van der Waals surface area contributed by atoms with E-state index < -0.39 is 15.6 Å². The van der Waals surface area contributed by atoms with Crippen LogP contribution in [0.25, 0.3) is 10.9 Å². The van der Waals surface area contributed by atoms with E-state index in [4.69, 9.17) is 9.84 Å². The summed E-state index contributed by atoms with van der Waals surface area (Å²) in [5.74, 6) is 0.993. The summed E-state index contributed by atoms with van der Waals surface area (Å²) in [5.41, 5.74) is 2.13. The molecule has 0 amide bonds. The van der Waals surface area contributed by atoms with Gasteiger partial charge in [-0.15, -0.1) is 0 Å². The Morgan fingerprint density at radius 2 is 1.77 bits per heavy atom. The summed E-state index contributed by atoms with van der Waals surface area (Å²) >= 11 is 0. The van der Waals surface area contributed by atoms with Crippen LogP contribution in [0.2, 0.25) is 0 Å². The Morgan fingerprint density at radius 3 is 2.44 bits per heavy atom. The zero-order valence-electron chi connectivity index (χ0n) is 22.2. The smallest absolute Gasteiger partial charge is 0.242 e. The largest absolute Gasteiger partial charge is 0.472 e. The van der Waals surface area contributed by atoms with Crippen LogP contribution in [-0.4, -0.2) is 41.6 Å². The highest BCUT2D eigenvalue weighted by atomic mass is 32.2. The van der Waals surface area contributed by atoms with E-state index >= 15 is 0 Å². The third-order valence-electron chi connectivity index (χ3n) is 7.31. The number of pyridine rings is 1. The van der Waals surface area contributed by atoms with E-state index in [0.29, 0.717) is 30.4 Å². The Labute approximate surface area is 229 Å². The van der Waals surface area contributed by atoms with Gasteiger partial charge >= 0.3 is 0 Å². The molecule has 0 bridgehead atoms. The minimum Gasteiger partial charge on any atom is -0.472 e. The molecule has 0 unspecified atom stereocenters. The van der Waals surface area contributed by atoms with Crippen molar-refractivity contribution in [3.63, 3.8) is 0 Å². The molecule has 1 N–H and O–H groups in total. The van der Waals surface area contributed by atoms with E-state index in [1.54, 1.807) is 30.5 Å². The predicted octanol–water partition coefficient (Wildman–Crippen LogP) is 5.58. The number of aromatic nitrogens is 3. The number of nitriles is 1. The molecule has 10 heteroatoms. The van der Waals surface area contributed by atoms with E-state index in [0.717, 1.165) is 48.6 Å². The van der Waals surface area contributed by atoms with Crippen molar-refractivity contribution in [1.82, 2.24) is 19.1 Å². The summed E-state index contributed by atoms with van der Waals surface area (Å²) in [7, 11) is -0.528. The van der Waals surface area contributed by atoms with E-state index in [2.05, 4.69) is 16.4 Å². The molecule has 1 saturated carbocycles. The Bertz CT molecular complexity index is 1590. The van der Waals surface area contributed by atoms with E-state index in [-0.39, 0.29) is 4.90 Å². The second kappa shape index (κ2) is 11.0. The molecule has 1 fully saturated rings. The fourth-order valence-corrected chi connectivity index (χ4v) is 6.10. The van der Waals surface area contributed by atoms with E-state index in [9.17, 15) is 13.7 Å². The lowest BCUT2D eigenvalue weighted by Crippen LogP contribution is -2.36. The Morgan fingerprint density at radius 1 is 1.05 bits per heavy atom. The summed E-state index contributed by atoms with van der Waals surface area (Å²) < 4.78 is 34.4. The number of ether oxygens (including phenoxy) is 1. The fourth-order valence-electron chi connectivity index (χ4n) is 5.20. The van der Waals surface area contributed by atoms with E-state index in [1.165, 1.54) is 18.4 Å². The molecule has 0 saturated heterocycles. The second-order valence-corrected chi connectivity index (χ2v) is 12.3. The van der Waals surface area contributed by atoms with Crippen molar-refractivity contribution in [3.05, 3.63) is 72.4 Å². The number of nitrogens with zero attached hydrogens (tertiary/aromatic N) is 5. The van der Waals surface area contributed by atoms with Gasteiger partial charge in [0.05, 0.1) is 28.4 Å². The summed E-state index contributed by atoms with van der Waals surface area (Å²) in [6.07, 6.45) is 7.04. The van der Waals surface area contributed by atoms with Crippen LogP contribution in [-0.2, 0) is 22.2 Å². The number of benzene rings is 2. The molecule has 2 aromatic carbocycles. The Hall–Kier alpha value is -3.94. The molecule has 0 radical (unpaired) electrons. The van der Waals surface area contributed by atoms with Gasteiger partial charge in [-0.25, -0.2) is 17.7 Å². The average molecular weight is 545 g/mol. The predicted molar refractivity (Wildman–Crippen MR) is 150 cm³/mol. The number of fused-ring (bicyclic) bond motifs is 1. The summed E-state index contributed by atoms with van der Waals surface area (Å²) in [6, 6.07) is 20.8. The van der Waals surface area contributed by atoms with Gasteiger partial charge in [-0.3, -0.25) is 4.68 Å². The highest BCUT2D eigenvalue weighted by Crippen LogP contribution is 2.42. The minimum absolute atomic E-state index is 0.206. The SMILES string of the molecule is CN(C)S(=O)(=O)c1ccc(Nc2nn(C3(CC#N)CCCCC3)c3ccnc(OCc4ccccc4)c23)cc1. The van der Waals surface area contributed by atoms with Gasteiger partial charge in [-0.1, -0.05) is 49.6 Å². The van der Waals surface area contributed by atoms with Gasteiger partial charge in [0, 0.05) is 26.0 Å². The van der Waals surface area contributed by atoms with Gasteiger partial charge in [0.25, 0.3) is 0 Å². The lowest BCUT2D eigenvalue weighted by Gasteiger charge is -2.36. The van der Waals surface area contributed by atoms with Gasteiger partial charge in [-0.05, 0) is 48.7 Å². The van der Waals surface area contributed by atoms with Crippen molar-refractivity contribution in [2.75, 3.05) is 19.4 Å². The molecule has 9 nitrogen and oxygen atoms in total. The molecule has 5 rings (SSSR count). The highest BCUT2D eigenvalue weighted by Gasteiger charge is 2.37. The van der Waals surface area contributed by atoms with Gasteiger partial charge < -0.3 is 10.1 Å². The first-order valence-corrected chi connectivity index (χ1v) is 14.5. The Balaban J connectivity index is 1.58. The van der Waals surface area contributed by atoms with E-state index in [1.807, 2.05) is 41.1 Å². The molecule has 4 aromatic rings. The zero-order chi connectivity index (χ0) is 27.5. The lowest BCUT2D eigenvalue weighted by atomic mass is 9.79. The molecule has 39 heavy (non-hydrogen) atoms. The van der Waals surface area contributed by atoms with Crippen molar-refractivity contribution < 1.29 is 13.2 Å². The van der Waals surface area contributed by atoms with Gasteiger partial charge in [0.1, 0.15) is 12.0 Å². The number of hydrogen-bond acceptors (Lipinski definition) is 7. The monoisotopic (exact) mass is 544 g/mol. The topological polar surface area (TPSA) is 113 Å². The summed E-state index contributed by atoms with van der Waals surface area (Å²) in [5, 5.41) is 18.9. The number of rotatable bonds is 9. The van der Waals surface area contributed by atoms with Crippen molar-refractivity contribution in [2.24, 2.45) is 0 Å². The number of hydrogen-bond donors (Lipinski definition) is 1. The molecule has 0 aliphatic heterocycles. The molecular formula is C29H32N6O3S. The summed E-state index contributed by atoms with van der Waals surface area (Å²) in [4.78, 5) is 4.76. The van der Waals surface area contributed by atoms with Crippen LogP contribution in [0.1, 0.15) is 44.1 Å². The molecule has 2 heterocycles. The lowest BCUT2D eigenvalue weighted by molar-refractivity contribution is 0.185. The molecular weight excluding hydrogens is 512 g/mol. The molecule has 0 atom stereocenters. The number of nitrogens with one attached hydrogen (secondary N) is 1. The maximum Gasteiger partial charge on any atom is 0.242 e. The van der Waals surface area contributed by atoms with Crippen molar-refractivity contribution >= 4 is 32.4 Å². The van der Waals surface area contributed by atoms with Crippen LogP contribution < -0.4 is 10.1 Å². The maximum absolute atomic E-state index is 12.5. The van der Waals surface area contributed by atoms with Crippen LogP contribution in [0.5, 0.6) is 5.88 Å². The quantitative estimate of drug-likeness (QED) is 0.293. The summed E-state index contributed by atoms with van der Waals surface area (Å²) in [6.45, 7) is 0.345. The second-order valence-electron chi connectivity index (χ2n) is 10.1. The third kappa shape index (κ3) is 5.33. The van der Waals surface area contributed by atoms with Crippen LogP contribution in [0.4, 0.5) is 11.5 Å². The van der Waals surface area contributed by atoms with Crippen molar-refractivity contribution in [1.29, 1.82) is 5.26 Å². The van der Waals surface area contributed by atoms with Crippen LogP contribution in [0.15, 0.2) is 71.8 Å². The normalized spacial score (nSPS) is 15.2. The Kier molecular flexibility index (Phi) is 7.55.